The highest BCUT2D eigenvalue weighted by Crippen LogP contribution is 2.36. The molecule has 12 heteroatoms. The molecule has 0 radical (unpaired) electrons. The van der Waals surface area contributed by atoms with Crippen LogP contribution in [0.3, 0.4) is 0 Å². The summed E-state index contributed by atoms with van der Waals surface area (Å²) in [5.74, 6) is -1.61. The summed E-state index contributed by atoms with van der Waals surface area (Å²) < 4.78 is 47.2. The largest absolute Gasteiger partial charge is 0.354 e. The van der Waals surface area contributed by atoms with E-state index < -0.39 is 33.7 Å². The van der Waals surface area contributed by atoms with Crippen molar-refractivity contribution in [1.29, 1.82) is 0 Å². The number of carbonyl (C=O) groups is 2. The molecule has 152 valence electrons. The second-order valence-electron chi connectivity index (χ2n) is 6.79. The Bertz CT molecular complexity index is 1180. The van der Waals surface area contributed by atoms with Crippen LogP contribution in [-0.2, 0) is 14.6 Å². The predicted molar refractivity (Wildman–Crippen MR) is 102 cm³/mol. The molecule has 0 aromatic carbocycles. The van der Waals surface area contributed by atoms with Gasteiger partial charge in [0, 0.05) is 35.5 Å². The Kier molecular flexibility index (Phi) is 3.99. The topological polar surface area (TPSA) is 156 Å². The standard InChI is InChI=1S/C17H19N7O4S/c1-18-16(26)13-11(8-12(23-24-13)22-15(25)9-2-3-9)21-14-17(20-7-6-19-14)29(27,28)10-4-5-10/h6-10H,2-5H2,1H3,(H,18,26)(H2,19,21,22,23,25)/i1D3. The van der Waals surface area contributed by atoms with Gasteiger partial charge in [0.05, 0.1) is 10.9 Å². The molecule has 0 atom stereocenters. The molecule has 29 heavy (non-hydrogen) atoms. The summed E-state index contributed by atoms with van der Waals surface area (Å²) in [6.45, 7) is -2.79. The van der Waals surface area contributed by atoms with Gasteiger partial charge in [-0.05, 0) is 25.7 Å². The van der Waals surface area contributed by atoms with Crippen molar-refractivity contribution < 1.29 is 22.1 Å². The zero-order chi connectivity index (χ0) is 23.1. The third kappa shape index (κ3) is 4.01. The number of nitrogens with one attached hydrogen (secondary N) is 3. The summed E-state index contributed by atoms with van der Waals surface area (Å²) in [5.41, 5.74) is -0.522. The van der Waals surface area contributed by atoms with E-state index in [1.807, 2.05) is 0 Å². The molecule has 2 aliphatic rings. The van der Waals surface area contributed by atoms with Crippen molar-refractivity contribution in [2.75, 3.05) is 17.6 Å². The zero-order valence-electron chi connectivity index (χ0n) is 18.0. The molecule has 11 nitrogen and oxygen atoms in total. The minimum atomic E-state index is -3.74. The molecule has 4 rings (SSSR count). The molecule has 2 saturated carbocycles. The van der Waals surface area contributed by atoms with Gasteiger partial charge in [0.25, 0.3) is 5.91 Å². The number of nitrogens with zero attached hydrogens (tertiary/aromatic N) is 4. The molecule has 2 aromatic rings. The van der Waals surface area contributed by atoms with Gasteiger partial charge in [-0.3, -0.25) is 9.59 Å². The highest BCUT2D eigenvalue weighted by molar-refractivity contribution is 7.92. The Morgan fingerprint density at radius 1 is 1.14 bits per heavy atom. The van der Waals surface area contributed by atoms with E-state index in [-0.39, 0.29) is 34.2 Å². The number of carbonyl (C=O) groups excluding carboxylic acids is 2. The van der Waals surface area contributed by atoms with Gasteiger partial charge in [0.15, 0.2) is 22.4 Å². The fourth-order valence-corrected chi connectivity index (χ4v) is 4.29. The van der Waals surface area contributed by atoms with E-state index >= 15 is 0 Å². The van der Waals surface area contributed by atoms with Gasteiger partial charge in [-0.15, -0.1) is 10.2 Å². The minimum absolute atomic E-state index is 0.00493. The van der Waals surface area contributed by atoms with Gasteiger partial charge in [-0.1, -0.05) is 0 Å². The first-order valence-electron chi connectivity index (χ1n) is 10.4. The average molecular weight is 420 g/mol. The van der Waals surface area contributed by atoms with Crippen LogP contribution in [-0.4, -0.2) is 52.6 Å². The molecule has 0 aliphatic heterocycles. The summed E-state index contributed by atoms with van der Waals surface area (Å²) in [4.78, 5) is 32.5. The molecule has 2 aliphatic carbocycles. The zero-order valence-corrected chi connectivity index (χ0v) is 15.9. The summed E-state index contributed by atoms with van der Waals surface area (Å²) in [6.07, 6.45) is 5.03. The Balaban J connectivity index is 1.70. The number of hydrogen-bond donors (Lipinski definition) is 3. The Morgan fingerprint density at radius 3 is 2.59 bits per heavy atom. The van der Waals surface area contributed by atoms with Crippen LogP contribution in [0.25, 0.3) is 0 Å². The number of rotatable bonds is 7. The lowest BCUT2D eigenvalue weighted by Gasteiger charge is -2.13. The fourth-order valence-electron chi connectivity index (χ4n) is 2.63. The average Bonchev–Trinajstić information content (AvgIpc) is 3.60. The third-order valence-electron chi connectivity index (χ3n) is 4.47. The van der Waals surface area contributed by atoms with Crippen molar-refractivity contribution in [3.05, 3.63) is 24.2 Å². The maximum atomic E-state index is 12.7. The van der Waals surface area contributed by atoms with Crippen LogP contribution in [0.4, 0.5) is 17.3 Å². The Morgan fingerprint density at radius 2 is 1.90 bits per heavy atom. The van der Waals surface area contributed by atoms with E-state index in [2.05, 4.69) is 30.8 Å². The van der Waals surface area contributed by atoms with Gasteiger partial charge in [0.2, 0.25) is 15.7 Å². The van der Waals surface area contributed by atoms with Crippen molar-refractivity contribution in [2.24, 2.45) is 5.92 Å². The molecular formula is C17H19N7O4S. The molecule has 2 aromatic heterocycles. The van der Waals surface area contributed by atoms with E-state index in [9.17, 15) is 18.0 Å². The second kappa shape index (κ2) is 7.35. The molecule has 0 unspecified atom stereocenters. The van der Waals surface area contributed by atoms with Gasteiger partial charge < -0.3 is 16.0 Å². The second-order valence-corrected chi connectivity index (χ2v) is 8.93. The van der Waals surface area contributed by atoms with E-state index in [0.717, 1.165) is 12.8 Å². The molecule has 3 N–H and O–H groups in total. The van der Waals surface area contributed by atoms with Crippen molar-refractivity contribution in [1.82, 2.24) is 25.5 Å². The van der Waals surface area contributed by atoms with Crippen LogP contribution < -0.4 is 16.0 Å². The highest BCUT2D eigenvalue weighted by atomic mass is 32.2. The summed E-state index contributed by atoms with van der Waals surface area (Å²) >= 11 is 0. The minimum Gasteiger partial charge on any atom is -0.354 e. The Labute approximate surface area is 170 Å². The summed E-state index contributed by atoms with van der Waals surface area (Å²) in [7, 11) is -3.74. The SMILES string of the molecule is [2H]C([2H])([2H])NC(=O)c1nnc(NC(=O)C2CC2)cc1Nc1nccnc1S(=O)(=O)C1CC1. The lowest BCUT2D eigenvalue weighted by Crippen LogP contribution is -2.23. The van der Waals surface area contributed by atoms with E-state index in [4.69, 9.17) is 4.11 Å². The predicted octanol–water partition coefficient (Wildman–Crippen LogP) is 0.654. The third-order valence-corrected chi connectivity index (χ3v) is 6.66. The van der Waals surface area contributed by atoms with Crippen LogP contribution >= 0.6 is 0 Å². The smallest absolute Gasteiger partial charge is 0.273 e. The van der Waals surface area contributed by atoms with Crippen molar-refractivity contribution >= 4 is 39.0 Å². The first-order chi connectivity index (χ1) is 15.0. The molecule has 0 saturated heterocycles. The molecule has 2 fully saturated rings. The van der Waals surface area contributed by atoms with Gasteiger partial charge in [-0.25, -0.2) is 18.4 Å². The van der Waals surface area contributed by atoms with Crippen molar-refractivity contribution in [3.63, 3.8) is 0 Å². The summed E-state index contributed by atoms with van der Waals surface area (Å²) in [6, 6.07) is 1.25. The van der Waals surface area contributed by atoms with Crippen LogP contribution in [0.5, 0.6) is 0 Å². The number of hydrogen-bond acceptors (Lipinski definition) is 9. The normalized spacial score (nSPS) is 18.1. The maximum absolute atomic E-state index is 12.7. The van der Waals surface area contributed by atoms with Crippen LogP contribution in [0.15, 0.2) is 23.5 Å². The summed E-state index contributed by atoms with van der Waals surface area (Å²) in [5, 5.41) is 13.7. The van der Waals surface area contributed by atoms with Gasteiger partial charge in [-0.2, -0.15) is 0 Å². The molecule has 2 amide bonds. The van der Waals surface area contributed by atoms with Crippen LogP contribution in [0.2, 0.25) is 0 Å². The lowest BCUT2D eigenvalue weighted by atomic mass is 10.3. The molecule has 0 spiro atoms. The first kappa shape index (κ1) is 15.7. The van der Waals surface area contributed by atoms with Crippen molar-refractivity contribution in [3.8, 4) is 0 Å². The highest BCUT2D eigenvalue weighted by Gasteiger charge is 2.40. The monoisotopic (exact) mass is 420 g/mol. The number of anilines is 3. The van der Waals surface area contributed by atoms with E-state index in [1.165, 1.54) is 18.5 Å². The van der Waals surface area contributed by atoms with Crippen molar-refractivity contribution in [2.45, 2.75) is 36.0 Å². The van der Waals surface area contributed by atoms with E-state index in [1.54, 1.807) is 5.32 Å². The van der Waals surface area contributed by atoms with Crippen LogP contribution in [0.1, 0.15) is 40.3 Å². The number of sulfone groups is 1. The van der Waals surface area contributed by atoms with Gasteiger partial charge in [0.1, 0.15) is 0 Å². The molecule has 0 bridgehead atoms. The van der Waals surface area contributed by atoms with Gasteiger partial charge >= 0.3 is 0 Å². The van der Waals surface area contributed by atoms with E-state index in [0.29, 0.717) is 12.8 Å². The number of aromatic nitrogens is 4. The Hall–Kier alpha value is -3.15. The molecular weight excluding hydrogens is 398 g/mol. The number of amides is 2. The lowest BCUT2D eigenvalue weighted by molar-refractivity contribution is -0.117. The first-order valence-corrected chi connectivity index (χ1v) is 10.4. The van der Waals surface area contributed by atoms with Crippen LogP contribution in [0, 0.1) is 5.92 Å². The molecule has 2 heterocycles. The fraction of sp³-hybridized carbons (Fsp3) is 0.412. The quantitative estimate of drug-likeness (QED) is 0.585. The maximum Gasteiger partial charge on any atom is 0.273 e.